The fourth-order valence-corrected chi connectivity index (χ4v) is 1.68. The van der Waals surface area contributed by atoms with E-state index < -0.39 is 0 Å². The molecule has 72 valence electrons. The summed E-state index contributed by atoms with van der Waals surface area (Å²) in [4.78, 5) is 2.33. The number of hydrogen-bond acceptors (Lipinski definition) is 2. The molecular weight excluding hydrogens is 172 g/mol. The molecule has 0 heterocycles. The summed E-state index contributed by atoms with van der Waals surface area (Å²) in [5.74, 6) is 0. The predicted octanol–water partition coefficient (Wildman–Crippen LogP) is 2.15. The Labute approximate surface area is 84.8 Å². The molecule has 0 unspecified atom stereocenters. The largest absolute Gasteiger partial charge is 0.299 e. The number of nitriles is 1. The molecule has 0 N–H and O–H groups in total. The van der Waals surface area contributed by atoms with Crippen molar-refractivity contribution in [1.29, 1.82) is 5.26 Å². The SMILES string of the molecule is CN(Cc1ccccc1C#N)C1CC1. The van der Waals surface area contributed by atoms with Crippen LogP contribution >= 0.6 is 0 Å². The Morgan fingerprint density at radius 3 is 2.79 bits per heavy atom. The zero-order chi connectivity index (χ0) is 9.97. The van der Waals surface area contributed by atoms with Crippen molar-refractivity contribution in [3.8, 4) is 6.07 Å². The Hall–Kier alpha value is -1.33. The topological polar surface area (TPSA) is 27.0 Å². The van der Waals surface area contributed by atoms with Crippen LogP contribution in [0.5, 0.6) is 0 Å². The van der Waals surface area contributed by atoms with Gasteiger partial charge in [0.25, 0.3) is 0 Å². The predicted molar refractivity (Wildman–Crippen MR) is 55.6 cm³/mol. The lowest BCUT2D eigenvalue weighted by Gasteiger charge is -2.16. The molecule has 14 heavy (non-hydrogen) atoms. The van der Waals surface area contributed by atoms with E-state index in [-0.39, 0.29) is 0 Å². The molecule has 1 aromatic carbocycles. The monoisotopic (exact) mass is 186 g/mol. The fraction of sp³-hybridized carbons (Fsp3) is 0.417. The van der Waals surface area contributed by atoms with Gasteiger partial charge in [0.1, 0.15) is 0 Å². The summed E-state index contributed by atoms with van der Waals surface area (Å²) in [6.07, 6.45) is 2.62. The maximum Gasteiger partial charge on any atom is 0.0995 e. The lowest BCUT2D eigenvalue weighted by molar-refractivity contribution is 0.316. The Kier molecular flexibility index (Phi) is 2.51. The van der Waals surface area contributed by atoms with Crippen LogP contribution in [0.2, 0.25) is 0 Å². The molecule has 1 fully saturated rings. The van der Waals surface area contributed by atoms with Crippen molar-refractivity contribution >= 4 is 0 Å². The Morgan fingerprint density at radius 1 is 1.43 bits per heavy atom. The van der Waals surface area contributed by atoms with Crippen LogP contribution in [0.4, 0.5) is 0 Å². The minimum absolute atomic E-state index is 0.752. The van der Waals surface area contributed by atoms with Crippen molar-refractivity contribution in [3.63, 3.8) is 0 Å². The van der Waals surface area contributed by atoms with Gasteiger partial charge in [-0.2, -0.15) is 5.26 Å². The third-order valence-electron chi connectivity index (χ3n) is 2.73. The minimum atomic E-state index is 0.752. The second-order valence-corrected chi connectivity index (χ2v) is 3.92. The van der Waals surface area contributed by atoms with E-state index in [0.29, 0.717) is 0 Å². The van der Waals surface area contributed by atoms with Crippen molar-refractivity contribution in [2.45, 2.75) is 25.4 Å². The molecule has 0 spiro atoms. The highest BCUT2D eigenvalue weighted by Gasteiger charge is 2.26. The number of rotatable bonds is 3. The Balaban J connectivity index is 2.11. The zero-order valence-electron chi connectivity index (χ0n) is 8.40. The van der Waals surface area contributed by atoms with Gasteiger partial charge in [0.2, 0.25) is 0 Å². The average molecular weight is 186 g/mol. The molecule has 0 radical (unpaired) electrons. The van der Waals surface area contributed by atoms with Crippen LogP contribution < -0.4 is 0 Å². The van der Waals surface area contributed by atoms with E-state index in [0.717, 1.165) is 23.7 Å². The van der Waals surface area contributed by atoms with Gasteiger partial charge in [-0.25, -0.2) is 0 Å². The molecule has 0 aliphatic heterocycles. The molecule has 0 saturated heterocycles. The van der Waals surface area contributed by atoms with Crippen LogP contribution in [-0.4, -0.2) is 18.0 Å². The van der Waals surface area contributed by atoms with Gasteiger partial charge in [-0.15, -0.1) is 0 Å². The first-order valence-corrected chi connectivity index (χ1v) is 4.99. The average Bonchev–Trinajstić information content (AvgIpc) is 3.02. The number of nitrogens with zero attached hydrogens (tertiary/aromatic N) is 2. The summed E-state index contributed by atoms with van der Waals surface area (Å²) in [7, 11) is 2.13. The van der Waals surface area contributed by atoms with Gasteiger partial charge in [0.15, 0.2) is 0 Å². The first kappa shape index (κ1) is 9.23. The molecule has 0 atom stereocenters. The lowest BCUT2D eigenvalue weighted by atomic mass is 10.1. The van der Waals surface area contributed by atoms with E-state index in [4.69, 9.17) is 5.26 Å². The van der Waals surface area contributed by atoms with Crippen LogP contribution in [0, 0.1) is 11.3 Å². The zero-order valence-corrected chi connectivity index (χ0v) is 8.40. The van der Waals surface area contributed by atoms with E-state index in [1.54, 1.807) is 0 Å². The summed E-state index contributed by atoms with van der Waals surface area (Å²) >= 11 is 0. The highest BCUT2D eigenvalue weighted by atomic mass is 15.1. The van der Waals surface area contributed by atoms with Crippen LogP contribution in [0.25, 0.3) is 0 Å². The third-order valence-corrected chi connectivity index (χ3v) is 2.73. The molecule has 0 amide bonds. The summed E-state index contributed by atoms with van der Waals surface area (Å²) in [5, 5.41) is 8.92. The van der Waals surface area contributed by atoms with Crippen LogP contribution in [0.3, 0.4) is 0 Å². The highest BCUT2D eigenvalue weighted by molar-refractivity contribution is 5.37. The standard InChI is InChI=1S/C12H14N2/c1-14(12-6-7-12)9-11-5-3-2-4-10(11)8-13/h2-5,12H,6-7,9H2,1H3. The van der Waals surface area contributed by atoms with Gasteiger partial charge in [-0.05, 0) is 31.5 Å². The van der Waals surface area contributed by atoms with E-state index >= 15 is 0 Å². The first-order chi connectivity index (χ1) is 6.81. The second kappa shape index (κ2) is 3.81. The molecule has 0 aromatic heterocycles. The van der Waals surface area contributed by atoms with E-state index in [1.807, 2.05) is 24.3 Å². The number of hydrogen-bond donors (Lipinski definition) is 0. The van der Waals surface area contributed by atoms with Crippen LogP contribution in [0.15, 0.2) is 24.3 Å². The van der Waals surface area contributed by atoms with Gasteiger partial charge < -0.3 is 0 Å². The van der Waals surface area contributed by atoms with Gasteiger partial charge in [0.05, 0.1) is 11.6 Å². The van der Waals surface area contributed by atoms with Crippen molar-refractivity contribution in [2.24, 2.45) is 0 Å². The van der Waals surface area contributed by atoms with Gasteiger partial charge in [0, 0.05) is 12.6 Å². The molecule has 1 saturated carbocycles. The van der Waals surface area contributed by atoms with Crippen molar-refractivity contribution < 1.29 is 0 Å². The minimum Gasteiger partial charge on any atom is -0.299 e. The van der Waals surface area contributed by atoms with E-state index in [2.05, 4.69) is 18.0 Å². The van der Waals surface area contributed by atoms with Crippen LogP contribution in [-0.2, 0) is 6.54 Å². The Morgan fingerprint density at radius 2 is 2.14 bits per heavy atom. The smallest absolute Gasteiger partial charge is 0.0995 e. The highest BCUT2D eigenvalue weighted by Crippen LogP contribution is 2.27. The first-order valence-electron chi connectivity index (χ1n) is 4.99. The van der Waals surface area contributed by atoms with Gasteiger partial charge in [-0.1, -0.05) is 18.2 Å². The normalized spacial score (nSPS) is 15.5. The van der Waals surface area contributed by atoms with E-state index in [1.165, 1.54) is 12.8 Å². The van der Waals surface area contributed by atoms with Crippen molar-refractivity contribution in [3.05, 3.63) is 35.4 Å². The van der Waals surface area contributed by atoms with Crippen LogP contribution in [0.1, 0.15) is 24.0 Å². The van der Waals surface area contributed by atoms with Crippen molar-refractivity contribution in [2.75, 3.05) is 7.05 Å². The molecule has 1 aliphatic rings. The summed E-state index contributed by atoms with van der Waals surface area (Å²) < 4.78 is 0. The molecular formula is C12H14N2. The molecule has 2 nitrogen and oxygen atoms in total. The molecule has 2 heteroatoms. The summed E-state index contributed by atoms with van der Waals surface area (Å²) in [6.45, 7) is 0.897. The second-order valence-electron chi connectivity index (χ2n) is 3.92. The molecule has 1 aromatic rings. The number of benzene rings is 1. The van der Waals surface area contributed by atoms with Gasteiger partial charge >= 0.3 is 0 Å². The summed E-state index contributed by atoms with van der Waals surface area (Å²) in [5.41, 5.74) is 1.95. The van der Waals surface area contributed by atoms with E-state index in [9.17, 15) is 0 Å². The lowest BCUT2D eigenvalue weighted by Crippen LogP contribution is -2.20. The molecule has 2 rings (SSSR count). The quantitative estimate of drug-likeness (QED) is 0.723. The van der Waals surface area contributed by atoms with Crippen molar-refractivity contribution in [1.82, 2.24) is 4.90 Å². The third kappa shape index (κ3) is 1.94. The molecule has 0 bridgehead atoms. The summed E-state index contributed by atoms with van der Waals surface area (Å²) in [6, 6.07) is 10.8. The maximum absolute atomic E-state index is 8.92. The maximum atomic E-state index is 8.92. The van der Waals surface area contributed by atoms with Gasteiger partial charge in [-0.3, -0.25) is 4.90 Å². The molecule has 1 aliphatic carbocycles. The Bertz CT molecular complexity index is 361. The fourth-order valence-electron chi connectivity index (χ4n) is 1.68.